The molecule has 8 heteroatoms. The lowest BCUT2D eigenvalue weighted by Crippen LogP contribution is -2.37. The molecule has 102 valence electrons. The second-order valence-corrected chi connectivity index (χ2v) is 4.67. The van der Waals surface area contributed by atoms with Crippen LogP contribution in [-0.4, -0.2) is 35.7 Å². The Morgan fingerprint density at radius 3 is 2.24 bits per heavy atom. The van der Waals surface area contributed by atoms with E-state index >= 15 is 0 Å². The van der Waals surface area contributed by atoms with Gasteiger partial charge in [-0.2, -0.15) is 22.0 Å². The second kappa shape index (κ2) is 6.42. The van der Waals surface area contributed by atoms with Gasteiger partial charge in [-0.3, -0.25) is 4.79 Å². The Kier molecular flexibility index (Phi) is 6.22. The van der Waals surface area contributed by atoms with Crippen molar-refractivity contribution in [3.05, 3.63) is 0 Å². The van der Waals surface area contributed by atoms with Crippen LogP contribution in [0, 0.1) is 0 Å². The highest BCUT2D eigenvalue weighted by Gasteiger charge is 2.56. The van der Waals surface area contributed by atoms with Crippen LogP contribution in [0.25, 0.3) is 0 Å². The van der Waals surface area contributed by atoms with Gasteiger partial charge in [-0.1, -0.05) is 0 Å². The van der Waals surface area contributed by atoms with Gasteiger partial charge in [0.25, 0.3) is 0 Å². The molecule has 0 N–H and O–H groups in total. The fourth-order valence-electron chi connectivity index (χ4n) is 0.833. The van der Waals surface area contributed by atoms with Gasteiger partial charge in [0, 0.05) is 12.2 Å². The maximum Gasteiger partial charge on any atom is 0.453 e. The molecule has 0 saturated carbocycles. The summed E-state index contributed by atoms with van der Waals surface area (Å²) in [4.78, 5) is 11.0. The number of thioether (sulfide) groups is 1. The zero-order valence-corrected chi connectivity index (χ0v) is 10.1. The summed E-state index contributed by atoms with van der Waals surface area (Å²) in [5, 5.41) is -0.751. The first-order valence-corrected chi connectivity index (χ1v) is 5.89. The van der Waals surface area contributed by atoms with Crippen LogP contribution < -0.4 is 0 Å². The predicted molar refractivity (Wildman–Crippen MR) is 54.2 cm³/mol. The van der Waals surface area contributed by atoms with Crippen LogP contribution in [0.4, 0.5) is 22.0 Å². The summed E-state index contributed by atoms with van der Waals surface area (Å²) in [5.41, 5.74) is 0. The monoisotopic (exact) mass is 280 g/mol. The third kappa shape index (κ3) is 5.56. The Labute approximate surface area is 99.9 Å². The van der Waals surface area contributed by atoms with Gasteiger partial charge in [0.2, 0.25) is 0 Å². The lowest BCUT2D eigenvalue weighted by molar-refractivity contribution is -0.282. The molecule has 0 radical (unpaired) electrons. The summed E-state index contributed by atoms with van der Waals surface area (Å²) < 4.78 is 64.9. The molecule has 0 aliphatic carbocycles. The van der Waals surface area contributed by atoms with E-state index in [1.807, 2.05) is 0 Å². The highest BCUT2D eigenvalue weighted by molar-refractivity contribution is 8.00. The van der Waals surface area contributed by atoms with Crippen molar-refractivity contribution in [1.82, 2.24) is 0 Å². The van der Waals surface area contributed by atoms with E-state index in [9.17, 15) is 26.7 Å². The van der Waals surface area contributed by atoms with Crippen LogP contribution >= 0.6 is 11.8 Å². The Bertz CT molecular complexity index is 254. The molecule has 17 heavy (non-hydrogen) atoms. The molecule has 1 unspecified atom stereocenters. The van der Waals surface area contributed by atoms with E-state index in [1.165, 1.54) is 6.92 Å². The zero-order valence-electron chi connectivity index (χ0n) is 9.31. The summed E-state index contributed by atoms with van der Waals surface area (Å²) in [6.07, 6.45) is -6.88. The molecule has 0 aliphatic rings. The van der Waals surface area contributed by atoms with E-state index in [-0.39, 0.29) is 6.61 Å². The zero-order chi connectivity index (χ0) is 13.7. The van der Waals surface area contributed by atoms with Crippen LogP contribution in [-0.2, 0) is 9.53 Å². The van der Waals surface area contributed by atoms with Crippen molar-refractivity contribution in [1.29, 1.82) is 0 Å². The van der Waals surface area contributed by atoms with Gasteiger partial charge < -0.3 is 4.74 Å². The van der Waals surface area contributed by atoms with Crippen molar-refractivity contribution < 1.29 is 31.5 Å². The van der Waals surface area contributed by atoms with Crippen LogP contribution in [0.15, 0.2) is 0 Å². The largest absolute Gasteiger partial charge is 0.465 e. The predicted octanol–water partition coefficient (Wildman–Crippen LogP) is 3.26. The molecule has 0 aromatic rings. The van der Waals surface area contributed by atoms with Gasteiger partial charge in [0.15, 0.2) is 0 Å². The van der Waals surface area contributed by atoms with Crippen molar-refractivity contribution in [3.8, 4) is 0 Å². The van der Waals surface area contributed by atoms with E-state index in [4.69, 9.17) is 0 Å². The van der Waals surface area contributed by atoms with E-state index in [0.29, 0.717) is 11.8 Å². The van der Waals surface area contributed by atoms with Gasteiger partial charge in [0.05, 0.1) is 11.9 Å². The molecule has 0 saturated heterocycles. The van der Waals surface area contributed by atoms with Gasteiger partial charge >= 0.3 is 18.1 Å². The summed E-state index contributed by atoms with van der Waals surface area (Å²) in [5.74, 6) is -5.80. The maximum absolute atomic E-state index is 12.5. The molecule has 0 spiro atoms. The third-order valence-electron chi connectivity index (χ3n) is 1.82. The van der Waals surface area contributed by atoms with E-state index in [0.717, 1.165) is 0 Å². The molecule has 0 amide bonds. The number of carbonyl (C=O) groups is 1. The molecule has 2 nitrogen and oxygen atoms in total. The molecule has 0 aromatic heterocycles. The first-order valence-electron chi connectivity index (χ1n) is 4.84. The number of esters is 1. The second-order valence-electron chi connectivity index (χ2n) is 3.22. The van der Waals surface area contributed by atoms with Crippen LogP contribution in [0.1, 0.15) is 20.3 Å². The first-order chi connectivity index (χ1) is 7.62. The van der Waals surface area contributed by atoms with E-state index in [1.54, 1.807) is 6.92 Å². The normalized spacial score (nSPS) is 14.5. The highest BCUT2D eigenvalue weighted by Crippen LogP contribution is 2.39. The summed E-state index contributed by atoms with van der Waals surface area (Å²) >= 11 is 0.713. The summed E-state index contributed by atoms with van der Waals surface area (Å²) in [6, 6.07) is 0. The van der Waals surface area contributed by atoms with Crippen molar-refractivity contribution in [2.75, 3.05) is 12.4 Å². The minimum absolute atomic E-state index is 0.141. The Morgan fingerprint density at radius 2 is 1.82 bits per heavy atom. The topological polar surface area (TPSA) is 26.3 Å². The average Bonchev–Trinajstić information content (AvgIpc) is 2.15. The number of carbonyl (C=O) groups excluding carboxylic acids is 1. The number of alkyl halides is 5. The van der Waals surface area contributed by atoms with Crippen LogP contribution in [0.5, 0.6) is 0 Å². The van der Waals surface area contributed by atoms with Crippen molar-refractivity contribution in [3.63, 3.8) is 0 Å². The highest BCUT2D eigenvalue weighted by atomic mass is 32.2. The molecule has 0 aromatic carbocycles. The third-order valence-corrected chi connectivity index (χ3v) is 2.95. The fourth-order valence-corrected chi connectivity index (χ4v) is 1.77. The number of halogens is 5. The quantitative estimate of drug-likeness (QED) is 0.552. The van der Waals surface area contributed by atoms with Crippen molar-refractivity contribution in [2.45, 2.75) is 37.6 Å². The minimum atomic E-state index is -5.54. The lowest BCUT2D eigenvalue weighted by Gasteiger charge is -2.19. The Balaban J connectivity index is 4.03. The first kappa shape index (κ1) is 16.5. The average molecular weight is 280 g/mol. The molecule has 0 fully saturated rings. The molecule has 0 bridgehead atoms. The molecule has 1 atom stereocenters. The molecule has 0 heterocycles. The summed E-state index contributed by atoms with van der Waals surface area (Å²) in [7, 11) is 0. The van der Waals surface area contributed by atoms with Gasteiger partial charge in [-0.05, 0) is 13.8 Å². The van der Waals surface area contributed by atoms with Gasteiger partial charge in [0.1, 0.15) is 0 Å². The molecule has 0 rings (SSSR count). The van der Waals surface area contributed by atoms with Crippen LogP contribution in [0.3, 0.4) is 0 Å². The van der Waals surface area contributed by atoms with E-state index in [2.05, 4.69) is 4.74 Å². The summed E-state index contributed by atoms with van der Waals surface area (Å²) in [6.45, 7) is 3.12. The number of hydrogen-bond donors (Lipinski definition) is 0. The molecular weight excluding hydrogens is 267 g/mol. The van der Waals surface area contributed by atoms with Gasteiger partial charge in [-0.15, -0.1) is 11.8 Å². The van der Waals surface area contributed by atoms with E-state index < -0.39 is 35.5 Å². The molecular formula is C9H13F5O2S. The van der Waals surface area contributed by atoms with Crippen molar-refractivity contribution in [2.24, 2.45) is 0 Å². The Hall–Kier alpha value is -0.530. The maximum atomic E-state index is 12.5. The Morgan fingerprint density at radius 1 is 1.29 bits per heavy atom. The minimum Gasteiger partial charge on any atom is -0.465 e. The number of rotatable bonds is 6. The smallest absolute Gasteiger partial charge is 0.453 e. The van der Waals surface area contributed by atoms with Crippen LogP contribution in [0.2, 0.25) is 0 Å². The number of hydrogen-bond acceptors (Lipinski definition) is 3. The van der Waals surface area contributed by atoms with Gasteiger partial charge in [-0.25, -0.2) is 0 Å². The van der Waals surface area contributed by atoms with Crippen molar-refractivity contribution >= 4 is 17.7 Å². The fraction of sp³-hybridized carbons (Fsp3) is 0.889. The standard InChI is InChI=1S/C9H13F5O2S/c1-3-16-7(15)6(2)17-5-4-8(10,11)9(12,13)14/h6H,3-5H2,1-2H3. The SMILES string of the molecule is CCOC(=O)C(C)SCCC(F)(F)C(F)(F)F. The lowest BCUT2D eigenvalue weighted by atomic mass is 10.2. The number of ether oxygens (including phenoxy) is 1. The molecule has 0 aliphatic heterocycles.